The molecule has 5 heterocycles. The van der Waals surface area contributed by atoms with E-state index in [1.807, 2.05) is 20.8 Å². The van der Waals surface area contributed by atoms with E-state index in [9.17, 15) is 45.0 Å². The third kappa shape index (κ3) is 2.59. The zero-order chi connectivity index (χ0) is 29.8. The first-order valence-corrected chi connectivity index (χ1v) is 13.7. The molecule has 228 valence electrons. The lowest BCUT2D eigenvalue weighted by atomic mass is 9.51. The van der Waals surface area contributed by atoms with Crippen LogP contribution in [0.1, 0.15) is 34.1 Å². The lowest BCUT2D eigenvalue weighted by Gasteiger charge is -2.49. The van der Waals surface area contributed by atoms with Crippen LogP contribution in [0.5, 0.6) is 0 Å². The Balaban J connectivity index is 1.44. The van der Waals surface area contributed by atoms with Crippen molar-refractivity contribution in [3.05, 3.63) is 0 Å². The monoisotopic (exact) mass is 586 g/mol. The fraction of sp³-hybridized carbons (Fsp3) is 0.885. The molecule has 0 aromatic rings. The SMILES string of the molecule is C[C@@H]1C(=O)O[C@H]2[C@H](O)[C@@]34[C@H]5C[C@@H](C(C)(C)C)[C@]36[C@@H](OC(=O)[C@@H]6O[C@H]3O[C@H](CO)[C@@H](O)[C@H](O)[C@H]3O)O[C@@]4(C(=O)O5)[C@@]12O. The fourth-order valence-electron chi connectivity index (χ4n) is 9.57. The van der Waals surface area contributed by atoms with Crippen LogP contribution >= 0.6 is 0 Å². The summed E-state index contributed by atoms with van der Waals surface area (Å²) in [5.41, 5.74) is -9.21. The van der Waals surface area contributed by atoms with Gasteiger partial charge in [-0.05, 0) is 24.7 Å². The Morgan fingerprint density at radius 2 is 1.66 bits per heavy atom. The molecule has 41 heavy (non-hydrogen) atoms. The maximum Gasteiger partial charge on any atom is 0.343 e. The minimum Gasteiger partial charge on any atom is -0.459 e. The first kappa shape index (κ1) is 27.9. The van der Waals surface area contributed by atoms with Crippen LogP contribution in [0.4, 0.5) is 0 Å². The van der Waals surface area contributed by atoms with Crippen molar-refractivity contribution < 1.29 is 73.4 Å². The van der Waals surface area contributed by atoms with Gasteiger partial charge in [0.15, 0.2) is 24.1 Å². The molecule has 5 saturated heterocycles. The number of ether oxygens (including phenoxy) is 6. The quantitative estimate of drug-likeness (QED) is 0.139. The molecule has 0 aromatic heterocycles. The van der Waals surface area contributed by atoms with E-state index >= 15 is 0 Å². The summed E-state index contributed by atoms with van der Waals surface area (Å²) in [6, 6.07) is 0. The predicted molar refractivity (Wildman–Crippen MR) is 125 cm³/mol. The molecule has 2 spiro atoms. The van der Waals surface area contributed by atoms with Gasteiger partial charge in [0.2, 0.25) is 11.9 Å². The van der Waals surface area contributed by atoms with Crippen molar-refractivity contribution in [3.63, 3.8) is 0 Å². The Morgan fingerprint density at radius 1 is 0.976 bits per heavy atom. The van der Waals surface area contributed by atoms with Gasteiger partial charge in [-0.1, -0.05) is 20.8 Å². The smallest absolute Gasteiger partial charge is 0.343 e. The first-order chi connectivity index (χ1) is 19.1. The van der Waals surface area contributed by atoms with E-state index in [2.05, 4.69) is 0 Å². The molecule has 0 aromatic carbocycles. The van der Waals surface area contributed by atoms with E-state index in [-0.39, 0.29) is 6.42 Å². The molecule has 7 fully saturated rings. The van der Waals surface area contributed by atoms with E-state index in [1.54, 1.807) is 0 Å². The predicted octanol–water partition coefficient (Wildman–Crippen LogP) is -3.55. The summed E-state index contributed by atoms with van der Waals surface area (Å²) < 4.78 is 34.9. The van der Waals surface area contributed by atoms with E-state index in [1.165, 1.54) is 6.92 Å². The molecule has 16 atom stereocenters. The van der Waals surface area contributed by atoms with Gasteiger partial charge < -0.3 is 59.1 Å². The largest absolute Gasteiger partial charge is 0.459 e. The number of carbonyl (C=O) groups excluding carboxylic acids is 3. The molecule has 7 rings (SSSR count). The average molecular weight is 587 g/mol. The van der Waals surface area contributed by atoms with Gasteiger partial charge in [0, 0.05) is 0 Å². The second-order valence-electron chi connectivity index (χ2n) is 13.5. The van der Waals surface area contributed by atoms with E-state index < -0.39 is 125 Å². The van der Waals surface area contributed by atoms with Gasteiger partial charge >= 0.3 is 17.9 Å². The van der Waals surface area contributed by atoms with Crippen LogP contribution < -0.4 is 0 Å². The molecular formula is C26H34O15. The second kappa shape index (κ2) is 7.95. The van der Waals surface area contributed by atoms with Crippen LogP contribution in [-0.2, 0) is 42.8 Å². The van der Waals surface area contributed by atoms with Gasteiger partial charge in [-0.15, -0.1) is 0 Å². The topological polar surface area (TPSA) is 228 Å². The molecule has 0 unspecified atom stereocenters. The number of rotatable bonds is 3. The Bertz CT molecular complexity index is 1220. The van der Waals surface area contributed by atoms with Crippen molar-refractivity contribution in [1.29, 1.82) is 0 Å². The maximum absolute atomic E-state index is 13.8. The highest BCUT2D eigenvalue weighted by Crippen LogP contribution is 2.84. The molecule has 2 aliphatic carbocycles. The standard InChI is InChI=1S/C26H34O15/c1-7-17(32)38-15-14(31)24-10-5-9(22(2,3)4)23(24)16(39-19-13(30)12(29)11(28)8(6-27)36-19)18(33)40-21(23)41-26(24,20(34)37-10)25(7,15)35/h7-16,19,21,27-31,35H,5-6H2,1-4H3/t7-,8-,9+,10-,11-,12+,13-,14+,15+,16+,19-,21+,23+,24+,25-,26-/m1/s1. The summed E-state index contributed by atoms with van der Waals surface area (Å²) in [6.45, 7) is 6.16. The van der Waals surface area contributed by atoms with E-state index in [4.69, 9.17) is 28.4 Å². The van der Waals surface area contributed by atoms with Crippen LogP contribution in [0, 0.1) is 28.1 Å². The Kier molecular flexibility index (Phi) is 5.40. The molecule has 15 nitrogen and oxygen atoms in total. The Morgan fingerprint density at radius 3 is 2.29 bits per heavy atom. The van der Waals surface area contributed by atoms with Crippen molar-refractivity contribution in [2.45, 2.75) is 107 Å². The molecule has 0 bridgehead atoms. The average Bonchev–Trinajstić information content (AvgIpc) is 3.62. The van der Waals surface area contributed by atoms with Gasteiger partial charge in [0.05, 0.1) is 23.4 Å². The molecule has 0 amide bonds. The van der Waals surface area contributed by atoms with Gasteiger partial charge in [-0.2, -0.15) is 0 Å². The molecule has 15 heteroatoms. The van der Waals surface area contributed by atoms with Crippen molar-refractivity contribution in [2.24, 2.45) is 28.1 Å². The summed E-state index contributed by atoms with van der Waals surface area (Å²) in [5.74, 6) is -4.89. The Hall–Kier alpha value is -1.95. The summed E-state index contributed by atoms with van der Waals surface area (Å²) >= 11 is 0. The number of hydrogen-bond donors (Lipinski definition) is 6. The highest BCUT2D eigenvalue weighted by Gasteiger charge is 3.04. The van der Waals surface area contributed by atoms with Crippen LogP contribution in [0.2, 0.25) is 0 Å². The lowest BCUT2D eigenvalue weighted by molar-refractivity contribution is -0.321. The highest BCUT2D eigenvalue weighted by atomic mass is 16.8. The van der Waals surface area contributed by atoms with Crippen molar-refractivity contribution in [2.75, 3.05) is 6.61 Å². The van der Waals surface area contributed by atoms with Crippen LogP contribution in [0.15, 0.2) is 0 Å². The number of hydrogen-bond acceptors (Lipinski definition) is 15. The number of aliphatic hydroxyl groups is 6. The number of esters is 3. The zero-order valence-corrected chi connectivity index (χ0v) is 22.7. The number of fused-ring (bicyclic) bond motifs is 1. The van der Waals surface area contributed by atoms with Crippen molar-refractivity contribution in [1.82, 2.24) is 0 Å². The zero-order valence-electron chi connectivity index (χ0n) is 22.7. The van der Waals surface area contributed by atoms with Crippen molar-refractivity contribution >= 4 is 17.9 Å². The molecule has 6 N–H and O–H groups in total. The van der Waals surface area contributed by atoms with E-state index in [0.717, 1.165) is 0 Å². The third-order valence-corrected chi connectivity index (χ3v) is 11.1. The molecule has 0 radical (unpaired) electrons. The van der Waals surface area contributed by atoms with Gasteiger partial charge in [0.25, 0.3) is 0 Å². The minimum atomic E-state index is -2.40. The molecule has 7 aliphatic rings. The van der Waals surface area contributed by atoms with Gasteiger partial charge in [0.1, 0.15) is 36.6 Å². The summed E-state index contributed by atoms with van der Waals surface area (Å²) in [5, 5.41) is 65.4. The van der Waals surface area contributed by atoms with E-state index in [0.29, 0.717) is 0 Å². The minimum absolute atomic E-state index is 0.0875. The first-order valence-electron chi connectivity index (χ1n) is 13.7. The fourth-order valence-corrected chi connectivity index (χ4v) is 9.57. The van der Waals surface area contributed by atoms with Gasteiger partial charge in [-0.25, -0.2) is 9.59 Å². The highest BCUT2D eigenvalue weighted by molar-refractivity contribution is 5.94. The number of carbonyl (C=O) groups is 3. The van der Waals surface area contributed by atoms with Crippen LogP contribution in [0.3, 0.4) is 0 Å². The van der Waals surface area contributed by atoms with Crippen LogP contribution in [0.25, 0.3) is 0 Å². The van der Waals surface area contributed by atoms with Gasteiger partial charge in [-0.3, -0.25) is 4.79 Å². The normalized spacial score (nSPS) is 58.5. The number of aliphatic hydroxyl groups excluding tert-OH is 5. The van der Waals surface area contributed by atoms with Crippen molar-refractivity contribution in [3.8, 4) is 0 Å². The lowest BCUT2D eigenvalue weighted by Crippen LogP contribution is -2.68. The molecular weight excluding hydrogens is 552 g/mol. The Labute approximate surface area is 233 Å². The third-order valence-electron chi connectivity index (χ3n) is 11.1. The summed E-state index contributed by atoms with van der Waals surface area (Å²) in [6.07, 6.45) is -16.3. The maximum atomic E-state index is 13.8. The summed E-state index contributed by atoms with van der Waals surface area (Å²) in [7, 11) is 0. The summed E-state index contributed by atoms with van der Waals surface area (Å²) in [4.78, 5) is 40.2. The second-order valence-corrected chi connectivity index (χ2v) is 13.5. The molecule has 5 aliphatic heterocycles. The molecule has 2 saturated carbocycles. The van der Waals surface area contributed by atoms with Crippen LogP contribution in [-0.4, -0.2) is 128 Å².